The number of benzene rings is 1. The van der Waals surface area contributed by atoms with Gasteiger partial charge in [0.2, 0.25) is 0 Å². The summed E-state index contributed by atoms with van der Waals surface area (Å²) in [6.07, 6.45) is 1.79. The molecule has 4 rings (SSSR count). The molecule has 0 saturated carbocycles. The van der Waals surface area contributed by atoms with E-state index in [4.69, 9.17) is 4.98 Å². The summed E-state index contributed by atoms with van der Waals surface area (Å²) in [4.78, 5) is 17.3. The Labute approximate surface area is 151 Å². The third-order valence-electron chi connectivity index (χ3n) is 4.68. The maximum Gasteiger partial charge on any atom is 0.272 e. The van der Waals surface area contributed by atoms with Crippen LogP contribution in [0.1, 0.15) is 29.8 Å². The molecule has 3 heterocycles. The summed E-state index contributed by atoms with van der Waals surface area (Å²) in [5.41, 5.74) is 5.49. The van der Waals surface area contributed by atoms with Crippen molar-refractivity contribution in [2.24, 2.45) is 0 Å². The first-order chi connectivity index (χ1) is 12.5. The minimum absolute atomic E-state index is 0.0867. The molecule has 0 bridgehead atoms. The monoisotopic (exact) mass is 347 g/mol. The molecule has 1 aromatic carbocycles. The zero-order valence-electron chi connectivity index (χ0n) is 15.1. The quantitative estimate of drug-likeness (QED) is 0.616. The zero-order chi connectivity index (χ0) is 18.3. The van der Waals surface area contributed by atoms with E-state index in [1.165, 1.54) is 10.1 Å². The van der Waals surface area contributed by atoms with Gasteiger partial charge >= 0.3 is 0 Å². The van der Waals surface area contributed by atoms with Crippen molar-refractivity contribution in [1.82, 2.24) is 24.4 Å². The van der Waals surface area contributed by atoms with E-state index in [-0.39, 0.29) is 11.5 Å². The van der Waals surface area contributed by atoms with Crippen molar-refractivity contribution in [3.8, 4) is 11.3 Å². The second-order valence-corrected chi connectivity index (χ2v) is 6.81. The highest BCUT2D eigenvalue weighted by Gasteiger charge is 2.14. The van der Waals surface area contributed by atoms with Crippen LogP contribution in [-0.4, -0.2) is 24.4 Å². The number of hydrogen-bond acceptors (Lipinski definition) is 3. The molecule has 4 aromatic rings. The highest BCUT2D eigenvalue weighted by Crippen LogP contribution is 2.21. The van der Waals surface area contributed by atoms with Crippen molar-refractivity contribution < 1.29 is 0 Å². The van der Waals surface area contributed by atoms with E-state index in [1.54, 1.807) is 12.3 Å². The van der Waals surface area contributed by atoms with Crippen molar-refractivity contribution in [2.75, 3.05) is 0 Å². The summed E-state index contributed by atoms with van der Waals surface area (Å²) in [6, 6.07) is 13.7. The maximum absolute atomic E-state index is 12.6. The molecule has 0 spiro atoms. The molecule has 0 fully saturated rings. The van der Waals surface area contributed by atoms with Crippen LogP contribution in [0, 0.1) is 13.8 Å². The van der Waals surface area contributed by atoms with Crippen molar-refractivity contribution in [1.29, 1.82) is 0 Å². The molecule has 6 nitrogen and oxygen atoms in total. The van der Waals surface area contributed by atoms with Gasteiger partial charge in [0.1, 0.15) is 0 Å². The number of fused-ring (bicyclic) bond motifs is 1. The molecule has 0 radical (unpaired) electrons. The third kappa shape index (κ3) is 2.94. The van der Waals surface area contributed by atoms with Gasteiger partial charge in [0.05, 0.1) is 11.4 Å². The number of hydrogen-bond donors (Lipinski definition) is 1. The molecule has 132 valence electrons. The van der Waals surface area contributed by atoms with E-state index in [2.05, 4.69) is 23.2 Å². The van der Waals surface area contributed by atoms with Crippen molar-refractivity contribution in [2.45, 2.75) is 33.2 Å². The van der Waals surface area contributed by atoms with Gasteiger partial charge < -0.3 is 0 Å². The van der Waals surface area contributed by atoms with Crippen LogP contribution in [0.2, 0.25) is 0 Å². The Bertz CT molecular complexity index is 1130. The lowest BCUT2D eigenvalue weighted by Crippen LogP contribution is -2.18. The van der Waals surface area contributed by atoms with Gasteiger partial charge in [-0.2, -0.15) is 5.10 Å². The minimum Gasteiger partial charge on any atom is -0.289 e. The van der Waals surface area contributed by atoms with Gasteiger partial charge in [0.15, 0.2) is 5.65 Å². The van der Waals surface area contributed by atoms with Gasteiger partial charge in [-0.25, -0.2) is 9.50 Å². The summed E-state index contributed by atoms with van der Waals surface area (Å²) >= 11 is 0. The van der Waals surface area contributed by atoms with E-state index in [0.29, 0.717) is 12.2 Å². The molecule has 26 heavy (non-hydrogen) atoms. The van der Waals surface area contributed by atoms with Crippen LogP contribution < -0.4 is 5.56 Å². The summed E-state index contributed by atoms with van der Waals surface area (Å²) in [7, 11) is 0. The highest BCUT2D eigenvalue weighted by atomic mass is 16.1. The van der Waals surface area contributed by atoms with E-state index >= 15 is 0 Å². The average molecular weight is 347 g/mol. The van der Waals surface area contributed by atoms with Crippen LogP contribution in [0.15, 0.2) is 53.5 Å². The lowest BCUT2D eigenvalue weighted by Gasteiger charge is -2.12. The Morgan fingerprint density at radius 2 is 2.00 bits per heavy atom. The molecular formula is C20H21N5O. The molecule has 0 aliphatic carbocycles. The van der Waals surface area contributed by atoms with E-state index in [9.17, 15) is 4.79 Å². The number of aromatic nitrogens is 5. The van der Waals surface area contributed by atoms with Crippen molar-refractivity contribution >= 4 is 5.65 Å². The van der Waals surface area contributed by atoms with Gasteiger partial charge in [-0.15, -0.1) is 0 Å². The van der Waals surface area contributed by atoms with E-state index < -0.39 is 0 Å². The molecule has 0 amide bonds. The molecule has 0 aliphatic heterocycles. The Morgan fingerprint density at radius 3 is 2.73 bits per heavy atom. The van der Waals surface area contributed by atoms with Gasteiger partial charge in [0.25, 0.3) is 5.56 Å². The Balaban J connectivity index is 1.72. The Kier molecular flexibility index (Phi) is 3.95. The van der Waals surface area contributed by atoms with Crippen LogP contribution in [0.4, 0.5) is 0 Å². The summed E-state index contributed by atoms with van der Waals surface area (Å²) < 4.78 is 3.43. The first-order valence-electron chi connectivity index (χ1n) is 8.69. The molecular weight excluding hydrogens is 326 g/mol. The third-order valence-corrected chi connectivity index (χ3v) is 4.68. The molecule has 6 heteroatoms. The highest BCUT2D eigenvalue weighted by molar-refractivity contribution is 5.64. The normalized spacial score (nSPS) is 12.6. The fraction of sp³-hybridized carbons (Fsp3) is 0.250. The minimum atomic E-state index is -0.104. The largest absolute Gasteiger partial charge is 0.289 e. The van der Waals surface area contributed by atoms with Crippen LogP contribution >= 0.6 is 0 Å². The first-order valence-corrected chi connectivity index (χ1v) is 8.69. The predicted octanol–water partition coefficient (Wildman–Crippen LogP) is 3.31. The molecule has 3 aromatic heterocycles. The van der Waals surface area contributed by atoms with Crippen molar-refractivity contribution in [3.05, 3.63) is 76.0 Å². The van der Waals surface area contributed by atoms with Gasteiger partial charge in [0, 0.05) is 36.5 Å². The fourth-order valence-corrected chi connectivity index (χ4v) is 3.17. The van der Waals surface area contributed by atoms with Gasteiger partial charge in [-0.3, -0.25) is 14.6 Å². The van der Waals surface area contributed by atoms with Gasteiger partial charge in [-0.1, -0.05) is 30.7 Å². The maximum atomic E-state index is 12.6. The smallest absolute Gasteiger partial charge is 0.272 e. The number of aromatic amines is 1. The molecule has 0 unspecified atom stereocenters. The van der Waals surface area contributed by atoms with Crippen LogP contribution in [0.5, 0.6) is 0 Å². The number of rotatable bonds is 4. The molecule has 1 N–H and O–H groups in total. The second-order valence-electron chi connectivity index (χ2n) is 6.81. The Morgan fingerprint density at radius 1 is 1.15 bits per heavy atom. The summed E-state index contributed by atoms with van der Waals surface area (Å²) in [5.74, 6) is 0.0867. The fourth-order valence-electron chi connectivity index (χ4n) is 3.17. The lowest BCUT2D eigenvalue weighted by molar-refractivity contribution is 0.523. The number of nitrogens with zero attached hydrogens (tertiary/aromatic N) is 4. The van der Waals surface area contributed by atoms with Crippen molar-refractivity contribution in [3.63, 3.8) is 0 Å². The van der Waals surface area contributed by atoms with Crippen LogP contribution in [-0.2, 0) is 6.54 Å². The predicted molar refractivity (Wildman–Crippen MR) is 101 cm³/mol. The number of aryl methyl sites for hydroxylation is 2. The first kappa shape index (κ1) is 16.3. The molecule has 1 atom stereocenters. The Hall–Kier alpha value is -3.15. The van der Waals surface area contributed by atoms with E-state index in [0.717, 1.165) is 22.6 Å². The average Bonchev–Trinajstić information content (AvgIpc) is 3.22. The molecule has 0 aliphatic rings. The number of H-pyrrole nitrogens is 1. The summed E-state index contributed by atoms with van der Waals surface area (Å²) in [6.45, 7) is 6.82. The van der Waals surface area contributed by atoms with E-state index in [1.807, 2.05) is 48.9 Å². The van der Waals surface area contributed by atoms with Crippen LogP contribution in [0.3, 0.4) is 0 Å². The lowest BCUT2D eigenvalue weighted by atomic mass is 10.1. The second kappa shape index (κ2) is 6.29. The topological polar surface area (TPSA) is 68.0 Å². The standard InChI is InChI=1S/C20H21N5O/c1-13-5-4-6-16(9-13)18-10-19-22-17(11-20(26)25(19)23-18)14(2)12-24-15(3)7-8-21-24/h4-11,14,23H,12H2,1-3H3/t14-/m1/s1. The van der Waals surface area contributed by atoms with Crippen LogP contribution in [0.25, 0.3) is 16.9 Å². The SMILES string of the molecule is Cc1cccc(-c2cc3nc([C@H](C)Cn4nccc4C)cc(=O)n3[nH]2)c1. The molecule has 0 saturated heterocycles. The zero-order valence-corrected chi connectivity index (χ0v) is 15.1. The van der Waals surface area contributed by atoms with Gasteiger partial charge in [-0.05, 0) is 31.5 Å². The summed E-state index contributed by atoms with van der Waals surface area (Å²) in [5, 5.41) is 7.47. The number of nitrogens with one attached hydrogen (secondary N) is 1.